The van der Waals surface area contributed by atoms with Crippen molar-refractivity contribution in [1.29, 1.82) is 0 Å². The molecule has 0 atom stereocenters. The number of furan rings is 1. The number of carbonyl (C=O) groups is 1. The van der Waals surface area contributed by atoms with Crippen LogP contribution in [-0.2, 0) is 10.0 Å². The minimum absolute atomic E-state index is 0.111. The highest BCUT2D eigenvalue weighted by atomic mass is 32.2. The van der Waals surface area contributed by atoms with Crippen LogP contribution in [0.15, 0.2) is 52.2 Å². The number of carbonyl (C=O) groups excluding carboxylic acids is 1. The lowest BCUT2D eigenvalue weighted by molar-refractivity contribution is 0.0953. The number of benzene rings is 1. The van der Waals surface area contributed by atoms with Crippen molar-refractivity contribution in [2.24, 2.45) is 0 Å². The molecule has 2 aromatic rings. The van der Waals surface area contributed by atoms with Gasteiger partial charge in [-0.05, 0) is 25.1 Å². The van der Waals surface area contributed by atoms with E-state index in [4.69, 9.17) is 4.42 Å². The third kappa shape index (κ3) is 4.17. The lowest BCUT2D eigenvalue weighted by Crippen LogP contribution is -2.34. The van der Waals surface area contributed by atoms with Crippen LogP contribution in [0.4, 0.5) is 0 Å². The molecule has 6 nitrogen and oxygen atoms in total. The molecule has 1 amide bonds. The molecule has 0 aliphatic heterocycles. The lowest BCUT2D eigenvalue weighted by Gasteiger charge is -2.07. The van der Waals surface area contributed by atoms with E-state index >= 15 is 0 Å². The molecule has 1 heterocycles. The number of nitrogens with one attached hydrogen (secondary N) is 2. The third-order valence-corrected chi connectivity index (χ3v) is 4.29. The van der Waals surface area contributed by atoms with Gasteiger partial charge < -0.3 is 9.73 Å². The van der Waals surface area contributed by atoms with Crippen LogP contribution in [-0.4, -0.2) is 27.4 Å². The third-order valence-electron chi connectivity index (χ3n) is 2.82. The van der Waals surface area contributed by atoms with Gasteiger partial charge in [-0.25, -0.2) is 13.1 Å². The smallest absolute Gasteiger partial charge is 0.254 e. The van der Waals surface area contributed by atoms with E-state index in [-0.39, 0.29) is 23.9 Å². The van der Waals surface area contributed by atoms with E-state index in [1.54, 1.807) is 24.3 Å². The van der Waals surface area contributed by atoms with Crippen LogP contribution in [0.1, 0.15) is 15.9 Å². The van der Waals surface area contributed by atoms with Crippen molar-refractivity contribution < 1.29 is 17.6 Å². The SMILES string of the molecule is Cc1ccc(S(=O)(=O)NCCNC(=O)c2ccoc2)cc1. The zero-order chi connectivity index (χ0) is 15.3. The van der Waals surface area contributed by atoms with Crippen molar-refractivity contribution in [3.63, 3.8) is 0 Å². The number of sulfonamides is 1. The van der Waals surface area contributed by atoms with Gasteiger partial charge in [-0.2, -0.15) is 0 Å². The molecule has 2 rings (SSSR count). The fourth-order valence-corrected chi connectivity index (χ4v) is 2.69. The molecule has 0 saturated carbocycles. The van der Waals surface area contributed by atoms with E-state index in [1.807, 2.05) is 6.92 Å². The van der Waals surface area contributed by atoms with Crippen molar-refractivity contribution in [1.82, 2.24) is 10.0 Å². The molecule has 0 radical (unpaired) electrons. The van der Waals surface area contributed by atoms with Crippen LogP contribution in [0.5, 0.6) is 0 Å². The summed E-state index contributed by atoms with van der Waals surface area (Å²) < 4.78 is 31.2. The number of amides is 1. The highest BCUT2D eigenvalue weighted by molar-refractivity contribution is 7.89. The average Bonchev–Trinajstić information content (AvgIpc) is 2.98. The van der Waals surface area contributed by atoms with Gasteiger partial charge in [-0.1, -0.05) is 17.7 Å². The van der Waals surface area contributed by atoms with Crippen LogP contribution in [0.25, 0.3) is 0 Å². The molecule has 112 valence electrons. The van der Waals surface area contributed by atoms with Crippen LogP contribution < -0.4 is 10.0 Å². The second-order valence-corrected chi connectivity index (χ2v) is 6.25. The summed E-state index contributed by atoms with van der Waals surface area (Å²) in [6.07, 6.45) is 2.72. The number of aryl methyl sites for hydroxylation is 1. The first kappa shape index (κ1) is 15.3. The standard InChI is InChI=1S/C14H16N2O4S/c1-11-2-4-13(5-3-11)21(18,19)16-8-7-15-14(17)12-6-9-20-10-12/h2-6,9-10,16H,7-8H2,1H3,(H,15,17). The largest absolute Gasteiger partial charge is 0.472 e. The van der Waals surface area contributed by atoms with Crippen LogP contribution in [0, 0.1) is 6.92 Å². The highest BCUT2D eigenvalue weighted by Crippen LogP contribution is 2.09. The van der Waals surface area contributed by atoms with E-state index < -0.39 is 10.0 Å². The minimum Gasteiger partial charge on any atom is -0.472 e. The van der Waals surface area contributed by atoms with Gasteiger partial charge in [-0.3, -0.25) is 4.79 Å². The van der Waals surface area contributed by atoms with Crippen molar-refractivity contribution >= 4 is 15.9 Å². The monoisotopic (exact) mass is 308 g/mol. The Bertz CT molecular complexity index is 691. The molecule has 0 aliphatic rings. The Morgan fingerprint density at radius 2 is 1.86 bits per heavy atom. The van der Waals surface area contributed by atoms with E-state index in [0.717, 1.165) is 5.56 Å². The fourth-order valence-electron chi connectivity index (χ4n) is 1.66. The molecule has 0 fully saturated rings. The van der Waals surface area contributed by atoms with Crippen LogP contribution >= 0.6 is 0 Å². The summed E-state index contributed by atoms with van der Waals surface area (Å²) >= 11 is 0. The van der Waals surface area contributed by atoms with E-state index in [9.17, 15) is 13.2 Å². The molecule has 0 spiro atoms. The van der Waals surface area contributed by atoms with Crippen LogP contribution in [0.2, 0.25) is 0 Å². The number of hydrogen-bond donors (Lipinski definition) is 2. The maximum atomic E-state index is 12.0. The van der Waals surface area contributed by atoms with Gasteiger partial charge in [0.2, 0.25) is 10.0 Å². The molecular formula is C14H16N2O4S. The fraction of sp³-hybridized carbons (Fsp3) is 0.214. The van der Waals surface area contributed by atoms with Gasteiger partial charge in [-0.15, -0.1) is 0 Å². The summed E-state index contributed by atoms with van der Waals surface area (Å²) in [5.74, 6) is -0.307. The van der Waals surface area contributed by atoms with Gasteiger partial charge in [0.1, 0.15) is 6.26 Å². The average molecular weight is 308 g/mol. The maximum Gasteiger partial charge on any atom is 0.254 e. The highest BCUT2D eigenvalue weighted by Gasteiger charge is 2.13. The first-order chi connectivity index (χ1) is 9.99. The predicted octanol–water partition coefficient (Wildman–Crippen LogP) is 1.30. The van der Waals surface area contributed by atoms with Gasteiger partial charge in [0.05, 0.1) is 16.7 Å². The number of rotatable bonds is 6. The summed E-state index contributed by atoms with van der Waals surface area (Å²) in [5, 5.41) is 2.59. The normalized spacial score (nSPS) is 11.3. The molecule has 0 bridgehead atoms. The van der Waals surface area contributed by atoms with Gasteiger partial charge in [0.15, 0.2) is 0 Å². The Hall–Kier alpha value is -2.12. The Labute approximate surface area is 123 Å². The van der Waals surface area contributed by atoms with Crippen molar-refractivity contribution in [3.05, 3.63) is 54.0 Å². The zero-order valence-corrected chi connectivity index (χ0v) is 12.3. The quantitative estimate of drug-likeness (QED) is 0.787. The summed E-state index contributed by atoms with van der Waals surface area (Å²) in [6, 6.07) is 8.08. The van der Waals surface area contributed by atoms with Gasteiger partial charge >= 0.3 is 0 Å². The first-order valence-corrected chi connectivity index (χ1v) is 7.84. The number of hydrogen-bond acceptors (Lipinski definition) is 4. The molecular weight excluding hydrogens is 292 g/mol. The maximum absolute atomic E-state index is 12.0. The van der Waals surface area contributed by atoms with Crippen molar-refractivity contribution in [2.75, 3.05) is 13.1 Å². The second-order valence-electron chi connectivity index (χ2n) is 4.48. The van der Waals surface area contributed by atoms with Gasteiger partial charge in [0, 0.05) is 13.1 Å². The second kappa shape index (κ2) is 6.55. The Balaban J connectivity index is 1.82. The van der Waals surface area contributed by atoms with E-state index in [2.05, 4.69) is 10.0 Å². The topological polar surface area (TPSA) is 88.4 Å². The summed E-state index contributed by atoms with van der Waals surface area (Å²) in [4.78, 5) is 11.8. The van der Waals surface area contributed by atoms with E-state index in [1.165, 1.54) is 18.6 Å². The van der Waals surface area contributed by atoms with Gasteiger partial charge in [0.25, 0.3) is 5.91 Å². The Morgan fingerprint density at radius 3 is 2.48 bits per heavy atom. The molecule has 0 unspecified atom stereocenters. The Kier molecular flexibility index (Phi) is 4.77. The summed E-state index contributed by atoms with van der Waals surface area (Å²) in [5.41, 5.74) is 1.39. The molecule has 1 aromatic carbocycles. The molecule has 7 heteroatoms. The summed E-state index contributed by atoms with van der Waals surface area (Å²) in [7, 11) is -3.55. The van der Waals surface area contributed by atoms with Crippen molar-refractivity contribution in [3.8, 4) is 0 Å². The van der Waals surface area contributed by atoms with E-state index in [0.29, 0.717) is 5.56 Å². The lowest BCUT2D eigenvalue weighted by atomic mass is 10.2. The molecule has 0 saturated heterocycles. The summed E-state index contributed by atoms with van der Waals surface area (Å²) in [6.45, 7) is 2.18. The molecule has 21 heavy (non-hydrogen) atoms. The Morgan fingerprint density at radius 1 is 1.14 bits per heavy atom. The molecule has 1 aromatic heterocycles. The first-order valence-electron chi connectivity index (χ1n) is 6.36. The van der Waals surface area contributed by atoms with Crippen LogP contribution in [0.3, 0.4) is 0 Å². The van der Waals surface area contributed by atoms with Crippen molar-refractivity contribution in [2.45, 2.75) is 11.8 Å². The zero-order valence-electron chi connectivity index (χ0n) is 11.5. The minimum atomic E-state index is -3.55. The molecule has 0 aliphatic carbocycles. The molecule has 2 N–H and O–H groups in total. The predicted molar refractivity (Wildman–Crippen MR) is 77.4 cm³/mol.